The maximum atomic E-state index is 12.8. The van der Waals surface area contributed by atoms with Gasteiger partial charge in [0, 0.05) is 0 Å². The lowest BCUT2D eigenvalue weighted by atomic mass is 10.1. The fourth-order valence-corrected chi connectivity index (χ4v) is 3.19. The van der Waals surface area contributed by atoms with Crippen LogP contribution >= 0.6 is 0 Å². The minimum absolute atomic E-state index is 0.0586. The Morgan fingerprint density at radius 3 is 2.38 bits per heavy atom. The first-order valence-corrected chi connectivity index (χ1v) is 8.76. The zero-order chi connectivity index (χ0) is 20.7. The van der Waals surface area contributed by atoms with Crippen LogP contribution in [0.5, 0.6) is 17.2 Å². The first-order valence-electron chi connectivity index (χ1n) is 8.76. The Morgan fingerprint density at radius 2 is 1.72 bits per heavy atom. The molecule has 4 atom stereocenters. The molecule has 0 amide bonds. The lowest BCUT2D eigenvalue weighted by Gasteiger charge is -2.18. The second-order valence-electron chi connectivity index (χ2n) is 6.64. The second-order valence-corrected chi connectivity index (χ2v) is 6.64. The Balaban J connectivity index is 1.69. The lowest BCUT2D eigenvalue weighted by molar-refractivity contribution is -0.117. The van der Waals surface area contributed by atoms with Crippen LogP contribution in [0.1, 0.15) is 0 Å². The van der Waals surface area contributed by atoms with Crippen molar-refractivity contribution in [2.24, 2.45) is 0 Å². The van der Waals surface area contributed by atoms with E-state index in [0.29, 0.717) is 5.56 Å². The molecule has 2 heterocycles. The van der Waals surface area contributed by atoms with E-state index in [2.05, 4.69) is 0 Å². The molecule has 9 heteroatoms. The number of aliphatic hydroxyl groups excluding tert-OH is 3. The van der Waals surface area contributed by atoms with Gasteiger partial charge in [0.25, 0.3) is 0 Å². The molecule has 0 bridgehead atoms. The van der Waals surface area contributed by atoms with E-state index in [4.69, 9.17) is 19.0 Å². The number of fused-ring (bicyclic) bond motifs is 1. The van der Waals surface area contributed by atoms with Gasteiger partial charge in [0.15, 0.2) is 11.3 Å². The topological polar surface area (TPSA) is 150 Å². The van der Waals surface area contributed by atoms with Gasteiger partial charge >= 0.3 is 0 Å². The summed E-state index contributed by atoms with van der Waals surface area (Å²) in [6, 6.07) is 8.70. The summed E-state index contributed by atoms with van der Waals surface area (Å²) in [7, 11) is 0. The molecule has 0 radical (unpaired) electrons. The van der Waals surface area contributed by atoms with Crippen LogP contribution in [0.3, 0.4) is 0 Å². The van der Waals surface area contributed by atoms with Crippen molar-refractivity contribution in [3.63, 3.8) is 0 Å². The zero-order valence-electron chi connectivity index (χ0n) is 14.9. The Bertz CT molecular complexity index is 1090. The van der Waals surface area contributed by atoms with E-state index >= 15 is 0 Å². The van der Waals surface area contributed by atoms with Crippen LogP contribution in [-0.4, -0.2) is 56.7 Å². The van der Waals surface area contributed by atoms with Gasteiger partial charge in [-0.2, -0.15) is 0 Å². The number of aliphatic hydroxyl groups is 3. The molecule has 0 aliphatic carbocycles. The highest BCUT2D eigenvalue weighted by atomic mass is 16.7. The molecular weight excluding hydrogens is 384 g/mol. The van der Waals surface area contributed by atoms with Crippen LogP contribution in [0.25, 0.3) is 22.1 Å². The van der Waals surface area contributed by atoms with Crippen molar-refractivity contribution in [1.29, 1.82) is 0 Å². The summed E-state index contributed by atoms with van der Waals surface area (Å²) in [4.78, 5) is 12.8. The van der Waals surface area contributed by atoms with Gasteiger partial charge in [-0.1, -0.05) is 12.1 Å². The zero-order valence-corrected chi connectivity index (χ0v) is 14.9. The molecule has 9 nitrogen and oxygen atoms in total. The highest BCUT2D eigenvalue weighted by Crippen LogP contribution is 2.36. The molecule has 0 unspecified atom stereocenters. The fourth-order valence-electron chi connectivity index (χ4n) is 3.19. The van der Waals surface area contributed by atoms with Gasteiger partial charge in [-0.05, 0) is 29.8 Å². The summed E-state index contributed by atoms with van der Waals surface area (Å²) in [6.45, 7) is -0.517. The molecular formula is C20H18O9. The first-order chi connectivity index (χ1) is 13.9. The molecule has 1 aliphatic rings. The van der Waals surface area contributed by atoms with Crippen molar-refractivity contribution < 1.29 is 39.4 Å². The Hall–Kier alpha value is -3.11. The van der Waals surface area contributed by atoms with Crippen molar-refractivity contribution in [2.75, 3.05) is 6.61 Å². The van der Waals surface area contributed by atoms with E-state index in [1.165, 1.54) is 30.5 Å². The van der Waals surface area contributed by atoms with Crippen LogP contribution in [-0.2, 0) is 4.74 Å². The van der Waals surface area contributed by atoms with Gasteiger partial charge in [0.05, 0.1) is 17.6 Å². The third kappa shape index (κ3) is 3.30. The second kappa shape index (κ2) is 7.37. The summed E-state index contributed by atoms with van der Waals surface area (Å²) in [5, 5.41) is 48.8. The predicted octanol–water partition coefficient (Wildman–Crippen LogP) is 0.689. The number of hydrogen-bond donors (Lipinski definition) is 5. The summed E-state index contributed by atoms with van der Waals surface area (Å²) < 4.78 is 16.1. The van der Waals surface area contributed by atoms with Gasteiger partial charge in [-0.25, -0.2) is 0 Å². The molecule has 0 saturated carbocycles. The number of benzene rings is 2. The number of ether oxygens (including phenoxy) is 2. The Kier molecular flexibility index (Phi) is 4.89. The quantitative estimate of drug-likeness (QED) is 0.425. The van der Waals surface area contributed by atoms with Crippen LogP contribution < -0.4 is 10.2 Å². The third-order valence-corrected chi connectivity index (χ3v) is 4.80. The molecule has 4 rings (SSSR count). The van der Waals surface area contributed by atoms with E-state index in [1.807, 2.05) is 0 Å². The summed E-state index contributed by atoms with van der Waals surface area (Å²) in [6.07, 6.45) is -3.95. The van der Waals surface area contributed by atoms with Crippen molar-refractivity contribution in [1.82, 2.24) is 0 Å². The standard InChI is InChI=1S/C20H18O9/c21-7-14-16(24)18(26)20(29-14)28-13-6-5-11-15(23)12(8-27-19(11)17(13)25)9-1-3-10(22)4-2-9/h1-6,8,14,16,18,20-22,24-26H,7H2/t14-,16-,18-,20-/m1/s1. The average molecular weight is 402 g/mol. The third-order valence-electron chi connectivity index (χ3n) is 4.80. The number of aromatic hydroxyl groups is 2. The lowest BCUT2D eigenvalue weighted by Crippen LogP contribution is -2.35. The first kappa shape index (κ1) is 19.2. The van der Waals surface area contributed by atoms with Gasteiger partial charge in [-0.15, -0.1) is 0 Å². The van der Waals surface area contributed by atoms with E-state index in [1.54, 1.807) is 12.1 Å². The molecule has 29 heavy (non-hydrogen) atoms. The summed E-state index contributed by atoms with van der Waals surface area (Å²) in [5.74, 6) is -0.550. The van der Waals surface area contributed by atoms with Crippen LogP contribution in [0.15, 0.2) is 51.9 Å². The van der Waals surface area contributed by atoms with Crippen LogP contribution in [0, 0.1) is 0 Å². The maximum Gasteiger partial charge on any atom is 0.229 e. The molecule has 1 aromatic heterocycles. The Labute approximate surface area is 163 Å². The molecule has 1 fully saturated rings. The van der Waals surface area contributed by atoms with Crippen LogP contribution in [0.2, 0.25) is 0 Å². The predicted molar refractivity (Wildman–Crippen MR) is 99.6 cm³/mol. The van der Waals surface area contributed by atoms with Crippen LogP contribution in [0.4, 0.5) is 0 Å². The average Bonchev–Trinajstić information content (AvgIpc) is 2.99. The highest BCUT2D eigenvalue weighted by Gasteiger charge is 2.44. The van der Waals surface area contributed by atoms with Crippen molar-refractivity contribution in [3.8, 4) is 28.4 Å². The fraction of sp³-hybridized carbons (Fsp3) is 0.250. The molecule has 3 aromatic rings. The minimum atomic E-state index is -1.44. The SMILES string of the molecule is O=c1c(-c2ccc(O)cc2)coc2c(O)c(O[C@@H]3O[C@H](CO)[C@@H](O)[C@H]3O)ccc12. The number of hydrogen-bond acceptors (Lipinski definition) is 9. The number of rotatable bonds is 4. The normalized spacial score (nSPS) is 24.1. The molecule has 1 saturated heterocycles. The van der Waals surface area contributed by atoms with E-state index in [9.17, 15) is 25.2 Å². The monoisotopic (exact) mass is 402 g/mol. The van der Waals surface area contributed by atoms with Crippen molar-refractivity contribution in [3.05, 3.63) is 52.9 Å². The van der Waals surface area contributed by atoms with Crippen molar-refractivity contribution >= 4 is 11.0 Å². The van der Waals surface area contributed by atoms with Crippen molar-refractivity contribution in [2.45, 2.75) is 24.6 Å². The minimum Gasteiger partial charge on any atom is -0.508 e. The van der Waals surface area contributed by atoms with Gasteiger partial charge in [-0.3, -0.25) is 4.79 Å². The van der Waals surface area contributed by atoms with Gasteiger partial charge < -0.3 is 39.4 Å². The summed E-state index contributed by atoms with van der Waals surface area (Å²) >= 11 is 0. The highest BCUT2D eigenvalue weighted by molar-refractivity contribution is 5.87. The number of phenols is 2. The summed E-state index contributed by atoms with van der Waals surface area (Å²) in [5.41, 5.74) is 0.257. The van der Waals surface area contributed by atoms with E-state index < -0.39 is 42.4 Å². The molecule has 2 aromatic carbocycles. The maximum absolute atomic E-state index is 12.8. The van der Waals surface area contributed by atoms with Gasteiger partial charge in [0.1, 0.15) is 30.3 Å². The van der Waals surface area contributed by atoms with E-state index in [-0.39, 0.29) is 28.0 Å². The molecule has 1 aliphatic heterocycles. The molecule has 0 spiro atoms. The molecule has 152 valence electrons. The number of phenolic OH excluding ortho intramolecular Hbond substituents is 2. The van der Waals surface area contributed by atoms with Gasteiger partial charge in [0.2, 0.25) is 17.5 Å². The van der Waals surface area contributed by atoms with E-state index in [0.717, 1.165) is 0 Å². The Morgan fingerprint density at radius 1 is 1.00 bits per heavy atom. The molecule has 5 N–H and O–H groups in total. The largest absolute Gasteiger partial charge is 0.508 e. The smallest absolute Gasteiger partial charge is 0.229 e.